The third kappa shape index (κ3) is 3.79. The molecule has 0 aromatic heterocycles. The van der Waals surface area contributed by atoms with Gasteiger partial charge < -0.3 is 10.4 Å². The van der Waals surface area contributed by atoms with E-state index in [9.17, 15) is 23.9 Å². The Kier molecular flexibility index (Phi) is 5.89. The largest absolute Gasteiger partial charge is 0.481 e. The van der Waals surface area contributed by atoms with Gasteiger partial charge in [-0.2, -0.15) is 0 Å². The quantitative estimate of drug-likeness (QED) is 0.673. The minimum Gasteiger partial charge on any atom is -0.481 e. The fraction of sp³-hybridized carbons (Fsp3) is 0.591. The second kappa shape index (κ2) is 7.96. The molecule has 2 amide bonds. The van der Waals surface area contributed by atoms with Gasteiger partial charge in [0.15, 0.2) is 0 Å². The van der Waals surface area contributed by atoms with Crippen molar-refractivity contribution in [2.24, 2.45) is 11.8 Å². The zero-order valence-electron chi connectivity index (χ0n) is 17.7. The van der Waals surface area contributed by atoms with E-state index in [0.29, 0.717) is 12.0 Å². The van der Waals surface area contributed by atoms with Gasteiger partial charge in [-0.05, 0) is 56.6 Å². The third-order valence-corrected chi connectivity index (χ3v) is 6.28. The van der Waals surface area contributed by atoms with Crippen molar-refractivity contribution in [2.75, 3.05) is 18.0 Å². The molecule has 1 unspecified atom stereocenters. The molecule has 1 aliphatic carbocycles. The van der Waals surface area contributed by atoms with E-state index in [0.717, 1.165) is 23.8 Å². The lowest BCUT2D eigenvalue weighted by Crippen LogP contribution is -2.44. The first-order valence-corrected chi connectivity index (χ1v) is 10.3. The number of halogens is 2. The molecule has 2 atom stereocenters. The molecule has 8 heteroatoms. The van der Waals surface area contributed by atoms with Crippen LogP contribution in [0.25, 0.3) is 0 Å². The molecular formula is C22H28F2N2O4. The highest BCUT2D eigenvalue weighted by Gasteiger charge is 2.49. The van der Waals surface area contributed by atoms with Crippen molar-refractivity contribution in [3.63, 3.8) is 0 Å². The second-order valence-corrected chi connectivity index (χ2v) is 8.91. The number of hydrogen-bond acceptors (Lipinski definition) is 3. The average Bonchev–Trinajstić information content (AvgIpc) is 3.47. The van der Waals surface area contributed by atoms with Crippen molar-refractivity contribution in [3.05, 3.63) is 28.8 Å². The first-order chi connectivity index (χ1) is 14.0. The number of nitrogens with zero attached hydrogens (tertiary/aromatic N) is 1. The number of carboxylic acids is 1. The van der Waals surface area contributed by atoms with Gasteiger partial charge in [0.1, 0.15) is 18.2 Å². The molecule has 6 nitrogen and oxygen atoms in total. The van der Waals surface area contributed by atoms with E-state index in [1.54, 1.807) is 13.8 Å². The first kappa shape index (κ1) is 22.2. The second-order valence-electron chi connectivity index (χ2n) is 8.91. The zero-order chi connectivity index (χ0) is 22.4. The summed E-state index contributed by atoms with van der Waals surface area (Å²) < 4.78 is 30.1. The topological polar surface area (TPSA) is 86.7 Å². The summed E-state index contributed by atoms with van der Waals surface area (Å²) >= 11 is 0. The number of carbonyl (C=O) groups is 3. The van der Waals surface area contributed by atoms with E-state index in [1.165, 1.54) is 13.8 Å². The zero-order valence-corrected chi connectivity index (χ0v) is 17.7. The van der Waals surface area contributed by atoms with E-state index in [4.69, 9.17) is 0 Å². The maximum atomic E-state index is 15.2. The first-order valence-electron chi connectivity index (χ1n) is 10.3. The number of anilines is 1. The number of hydrogen-bond donors (Lipinski definition) is 2. The van der Waals surface area contributed by atoms with Crippen molar-refractivity contribution in [1.82, 2.24) is 5.32 Å². The van der Waals surface area contributed by atoms with Crippen LogP contribution in [0.5, 0.6) is 0 Å². The van der Waals surface area contributed by atoms with E-state index < -0.39 is 47.3 Å². The summed E-state index contributed by atoms with van der Waals surface area (Å²) in [6, 6.07) is 1.15. The summed E-state index contributed by atoms with van der Waals surface area (Å²) in [7, 11) is 0. The van der Waals surface area contributed by atoms with Gasteiger partial charge in [-0.25, -0.2) is 8.78 Å². The van der Waals surface area contributed by atoms with E-state index in [1.807, 2.05) is 0 Å². The number of fused-ring (bicyclic) bond motifs is 1. The SMILES string of the molecule is CC[C@H](C(=O)O)C(C)CNC(=O)CN1C(=O)C(C)(C)c2c(F)c(C3CC3)cc(F)c21. The molecule has 1 fully saturated rings. The maximum absolute atomic E-state index is 15.2. The number of aliphatic carboxylic acids is 1. The van der Waals surface area contributed by atoms with Crippen LogP contribution in [0, 0.1) is 23.5 Å². The lowest BCUT2D eigenvalue weighted by Gasteiger charge is -2.22. The molecule has 0 radical (unpaired) electrons. The molecule has 30 heavy (non-hydrogen) atoms. The molecule has 1 aliphatic heterocycles. The Bertz CT molecular complexity index is 896. The van der Waals surface area contributed by atoms with Crippen LogP contribution in [-0.4, -0.2) is 36.0 Å². The Hall–Kier alpha value is -2.51. The van der Waals surface area contributed by atoms with Gasteiger partial charge in [0.05, 0.1) is 17.0 Å². The highest BCUT2D eigenvalue weighted by molar-refractivity contribution is 6.10. The van der Waals surface area contributed by atoms with Gasteiger partial charge in [0.2, 0.25) is 11.8 Å². The summed E-state index contributed by atoms with van der Waals surface area (Å²) in [5.41, 5.74) is -1.15. The summed E-state index contributed by atoms with van der Waals surface area (Å²) in [6.45, 7) is 6.20. The van der Waals surface area contributed by atoms with Crippen molar-refractivity contribution in [2.45, 2.75) is 58.3 Å². The van der Waals surface area contributed by atoms with Gasteiger partial charge in [-0.3, -0.25) is 19.3 Å². The Labute approximate surface area is 174 Å². The molecule has 0 saturated heterocycles. The molecule has 2 aliphatic rings. The van der Waals surface area contributed by atoms with Crippen molar-refractivity contribution >= 4 is 23.5 Å². The highest BCUT2D eigenvalue weighted by atomic mass is 19.1. The van der Waals surface area contributed by atoms with Crippen LogP contribution < -0.4 is 10.2 Å². The van der Waals surface area contributed by atoms with Crippen LogP contribution in [0.15, 0.2) is 6.07 Å². The monoisotopic (exact) mass is 422 g/mol. The fourth-order valence-corrected chi connectivity index (χ4v) is 4.30. The Morgan fingerprint density at radius 3 is 2.50 bits per heavy atom. The molecule has 1 aromatic rings. The number of benzene rings is 1. The number of amides is 2. The Morgan fingerprint density at radius 2 is 1.97 bits per heavy atom. The molecule has 1 aromatic carbocycles. The van der Waals surface area contributed by atoms with Crippen LogP contribution in [-0.2, 0) is 19.8 Å². The lowest BCUT2D eigenvalue weighted by atomic mass is 9.84. The van der Waals surface area contributed by atoms with Crippen LogP contribution in [0.2, 0.25) is 0 Å². The minimum absolute atomic E-state index is 0.00694. The summed E-state index contributed by atoms with van der Waals surface area (Å²) in [6.07, 6.45) is 2.01. The normalized spacial score (nSPS) is 19.4. The smallest absolute Gasteiger partial charge is 0.306 e. The Morgan fingerprint density at radius 1 is 1.33 bits per heavy atom. The Balaban J connectivity index is 1.80. The van der Waals surface area contributed by atoms with Crippen LogP contribution >= 0.6 is 0 Å². The molecule has 1 heterocycles. The van der Waals surface area contributed by atoms with E-state index in [-0.39, 0.29) is 29.6 Å². The van der Waals surface area contributed by atoms with Crippen molar-refractivity contribution in [3.8, 4) is 0 Å². The number of nitrogens with one attached hydrogen (secondary N) is 1. The fourth-order valence-electron chi connectivity index (χ4n) is 4.30. The number of carbonyl (C=O) groups excluding carboxylic acids is 2. The maximum Gasteiger partial charge on any atom is 0.306 e. The van der Waals surface area contributed by atoms with Crippen LogP contribution in [0.1, 0.15) is 64.0 Å². The predicted molar refractivity (Wildman–Crippen MR) is 107 cm³/mol. The van der Waals surface area contributed by atoms with Gasteiger partial charge >= 0.3 is 5.97 Å². The summed E-state index contributed by atoms with van der Waals surface area (Å²) in [5, 5.41) is 11.8. The molecule has 0 spiro atoms. The predicted octanol–water partition coefficient (Wildman–Crippen LogP) is 3.33. The van der Waals surface area contributed by atoms with Gasteiger partial charge in [-0.15, -0.1) is 0 Å². The van der Waals surface area contributed by atoms with Gasteiger partial charge in [0.25, 0.3) is 0 Å². The number of rotatable bonds is 8. The van der Waals surface area contributed by atoms with E-state index >= 15 is 4.39 Å². The molecule has 1 saturated carbocycles. The summed E-state index contributed by atoms with van der Waals surface area (Å²) in [4.78, 5) is 37.7. The van der Waals surface area contributed by atoms with Gasteiger partial charge in [-0.1, -0.05) is 13.8 Å². The van der Waals surface area contributed by atoms with E-state index in [2.05, 4.69) is 5.32 Å². The molecule has 0 bridgehead atoms. The average molecular weight is 422 g/mol. The highest BCUT2D eigenvalue weighted by Crippen LogP contribution is 2.50. The lowest BCUT2D eigenvalue weighted by molar-refractivity contribution is -0.143. The number of carboxylic acid groups (broad SMARTS) is 1. The molecule has 3 rings (SSSR count). The minimum atomic E-state index is -1.28. The van der Waals surface area contributed by atoms with Crippen LogP contribution in [0.3, 0.4) is 0 Å². The standard InChI is InChI=1S/C22H28F2N2O4/c1-5-13(20(28)29)11(2)9-25-16(27)10-26-19-15(23)8-14(12-6-7-12)18(24)17(19)22(3,4)21(26)30/h8,11-13H,5-7,9-10H2,1-4H3,(H,25,27)(H,28,29)/t11?,13-/m0/s1. The molecule has 2 N–H and O–H groups in total. The van der Waals surface area contributed by atoms with Crippen molar-refractivity contribution < 1.29 is 28.3 Å². The molecular weight excluding hydrogens is 394 g/mol. The third-order valence-electron chi connectivity index (χ3n) is 6.28. The van der Waals surface area contributed by atoms with Crippen molar-refractivity contribution in [1.29, 1.82) is 0 Å². The van der Waals surface area contributed by atoms with Crippen LogP contribution in [0.4, 0.5) is 14.5 Å². The summed E-state index contributed by atoms with van der Waals surface area (Å²) in [5.74, 6) is -4.23. The van der Waals surface area contributed by atoms with Gasteiger partial charge in [0, 0.05) is 12.1 Å². The molecule has 164 valence electrons.